The monoisotopic (exact) mass is 293 g/mol. The lowest BCUT2D eigenvalue weighted by molar-refractivity contribution is -0.124. The number of hydrogen-bond donors (Lipinski definition) is 2. The highest BCUT2D eigenvalue weighted by Gasteiger charge is 2.40. The molecule has 1 amide bonds. The van der Waals surface area contributed by atoms with Crippen LogP contribution >= 0.6 is 23.2 Å². The van der Waals surface area contributed by atoms with Crippen molar-refractivity contribution in [2.24, 2.45) is 0 Å². The van der Waals surface area contributed by atoms with Gasteiger partial charge in [0.2, 0.25) is 0 Å². The van der Waals surface area contributed by atoms with Gasteiger partial charge in [-0.15, -0.1) is 0 Å². The lowest BCUT2D eigenvalue weighted by Crippen LogP contribution is -2.51. The summed E-state index contributed by atoms with van der Waals surface area (Å²) >= 11 is 12.3. The fraction of sp³-hybridized carbons (Fsp3) is 0.154. The highest BCUT2D eigenvalue weighted by Crippen LogP contribution is 2.42. The predicted octanol–water partition coefficient (Wildman–Crippen LogP) is 2.05. The highest BCUT2D eigenvalue weighted by atomic mass is 35.5. The van der Waals surface area contributed by atoms with E-state index < -0.39 is 0 Å². The molecule has 2 aliphatic heterocycles. The Labute approximate surface area is 119 Å². The van der Waals surface area contributed by atoms with Gasteiger partial charge in [0.15, 0.2) is 6.17 Å². The van der Waals surface area contributed by atoms with Crippen molar-refractivity contribution >= 4 is 34.8 Å². The summed E-state index contributed by atoms with van der Waals surface area (Å²) in [6.07, 6.45) is 4.03. The third-order valence-electron chi connectivity index (χ3n) is 3.65. The summed E-state index contributed by atoms with van der Waals surface area (Å²) in [7, 11) is 0. The Morgan fingerprint density at radius 3 is 3.00 bits per heavy atom. The van der Waals surface area contributed by atoms with Crippen LogP contribution in [0.15, 0.2) is 30.2 Å². The number of halogens is 2. The van der Waals surface area contributed by atoms with E-state index in [4.69, 9.17) is 23.2 Å². The Morgan fingerprint density at radius 1 is 1.32 bits per heavy atom. The SMILES string of the molecule is O=C1NC2=C(Cc3ccc(Cl)c(Cl)c32)N2C=CNC12. The second-order valence-electron chi connectivity index (χ2n) is 4.68. The topological polar surface area (TPSA) is 44.4 Å². The molecule has 1 atom stereocenters. The van der Waals surface area contributed by atoms with Crippen molar-refractivity contribution in [3.8, 4) is 0 Å². The van der Waals surface area contributed by atoms with Gasteiger partial charge in [-0.25, -0.2) is 0 Å². The number of fused-ring (bicyclic) bond motifs is 4. The molecule has 0 saturated carbocycles. The van der Waals surface area contributed by atoms with Gasteiger partial charge in [-0.3, -0.25) is 4.79 Å². The summed E-state index contributed by atoms with van der Waals surface area (Å²) in [5.41, 5.74) is 3.75. The van der Waals surface area contributed by atoms with Gasteiger partial charge in [0.05, 0.1) is 15.7 Å². The Hall–Kier alpha value is -1.65. The maximum absolute atomic E-state index is 12.1. The van der Waals surface area contributed by atoms with Gasteiger partial charge in [-0.2, -0.15) is 0 Å². The molecule has 0 saturated heterocycles. The van der Waals surface area contributed by atoms with Crippen LogP contribution in [0.4, 0.5) is 0 Å². The second kappa shape index (κ2) is 3.68. The van der Waals surface area contributed by atoms with Crippen LogP contribution in [0.5, 0.6) is 0 Å². The molecule has 96 valence electrons. The minimum atomic E-state index is -0.359. The zero-order valence-corrected chi connectivity index (χ0v) is 11.2. The van der Waals surface area contributed by atoms with Crippen molar-refractivity contribution in [2.75, 3.05) is 0 Å². The van der Waals surface area contributed by atoms with Crippen molar-refractivity contribution in [1.82, 2.24) is 15.5 Å². The fourth-order valence-corrected chi connectivity index (χ4v) is 3.23. The average molecular weight is 294 g/mol. The summed E-state index contributed by atoms with van der Waals surface area (Å²) in [5, 5.41) is 6.94. The zero-order chi connectivity index (χ0) is 13.1. The molecular formula is C13H9Cl2N3O. The van der Waals surface area contributed by atoms with Crippen molar-refractivity contribution in [3.05, 3.63) is 51.4 Å². The molecule has 4 rings (SSSR count). The number of nitrogens with one attached hydrogen (secondary N) is 2. The molecule has 0 fully saturated rings. The van der Waals surface area contributed by atoms with Gasteiger partial charge in [0.1, 0.15) is 0 Å². The molecule has 0 radical (unpaired) electrons. The van der Waals surface area contributed by atoms with Crippen LogP contribution in [0.25, 0.3) is 5.70 Å². The lowest BCUT2D eigenvalue weighted by Gasteiger charge is -2.31. The van der Waals surface area contributed by atoms with E-state index in [2.05, 4.69) is 10.6 Å². The van der Waals surface area contributed by atoms with Gasteiger partial charge >= 0.3 is 0 Å². The first kappa shape index (κ1) is 11.2. The molecule has 1 aromatic rings. The normalized spacial score (nSPS) is 22.9. The van der Waals surface area contributed by atoms with E-state index in [9.17, 15) is 4.79 Å². The van der Waals surface area contributed by atoms with Crippen LogP contribution in [0.2, 0.25) is 10.0 Å². The number of carbonyl (C=O) groups is 1. The molecule has 1 aliphatic carbocycles. The van der Waals surface area contributed by atoms with Crippen molar-refractivity contribution < 1.29 is 4.79 Å². The molecule has 0 spiro atoms. The molecule has 0 aromatic heterocycles. The van der Waals surface area contributed by atoms with E-state index in [0.717, 1.165) is 28.9 Å². The van der Waals surface area contributed by atoms with Gasteiger partial charge in [0.25, 0.3) is 5.91 Å². The number of allylic oxidation sites excluding steroid dienone is 1. The van der Waals surface area contributed by atoms with Crippen LogP contribution in [0, 0.1) is 0 Å². The summed E-state index contributed by atoms with van der Waals surface area (Å²) in [4.78, 5) is 14.0. The van der Waals surface area contributed by atoms with Crippen LogP contribution < -0.4 is 10.6 Å². The number of nitrogens with zero attached hydrogens (tertiary/aromatic N) is 1. The van der Waals surface area contributed by atoms with Gasteiger partial charge in [-0.05, 0) is 11.6 Å². The minimum absolute atomic E-state index is 0.0901. The van der Waals surface area contributed by atoms with E-state index in [1.54, 1.807) is 12.3 Å². The minimum Gasteiger partial charge on any atom is -0.362 e. The quantitative estimate of drug-likeness (QED) is 0.769. The maximum Gasteiger partial charge on any atom is 0.268 e. The van der Waals surface area contributed by atoms with E-state index in [1.165, 1.54) is 0 Å². The number of hydrogen-bond acceptors (Lipinski definition) is 3. The van der Waals surface area contributed by atoms with Gasteiger partial charge in [0, 0.05) is 30.1 Å². The molecule has 0 bridgehead atoms. The average Bonchev–Trinajstić information content (AvgIpc) is 2.98. The molecule has 3 aliphatic rings. The third-order valence-corrected chi connectivity index (χ3v) is 4.46. The number of benzene rings is 1. The molecule has 1 aromatic carbocycles. The molecule has 19 heavy (non-hydrogen) atoms. The summed E-state index contributed by atoms with van der Waals surface area (Å²) in [6.45, 7) is 0. The number of carbonyl (C=O) groups excluding carboxylic acids is 1. The summed E-state index contributed by atoms with van der Waals surface area (Å²) < 4.78 is 0. The van der Waals surface area contributed by atoms with Crippen molar-refractivity contribution in [2.45, 2.75) is 12.6 Å². The molecule has 2 heterocycles. The Kier molecular flexibility index (Phi) is 2.17. The Morgan fingerprint density at radius 2 is 2.16 bits per heavy atom. The molecule has 2 N–H and O–H groups in total. The molecular weight excluding hydrogens is 285 g/mol. The van der Waals surface area contributed by atoms with Crippen molar-refractivity contribution in [1.29, 1.82) is 0 Å². The van der Waals surface area contributed by atoms with E-state index in [-0.39, 0.29) is 12.1 Å². The zero-order valence-electron chi connectivity index (χ0n) is 9.71. The van der Waals surface area contributed by atoms with E-state index in [1.807, 2.05) is 17.2 Å². The Bertz CT molecular complexity index is 681. The maximum atomic E-state index is 12.1. The standard InChI is InChI=1S/C13H9Cl2N3O/c14-7-2-1-6-5-8-11(9(6)10(7)15)17-13(19)12-16-3-4-18(8)12/h1-4,12,16H,5H2,(H,17,19). The molecule has 6 heteroatoms. The predicted molar refractivity (Wildman–Crippen MR) is 73.1 cm³/mol. The summed E-state index contributed by atoms with van der Waals surface area (Å²) in [5.74, 6) is -0.0901. The smallest absolute Gasteiger partial charge is 0.268 e. The van der Waals surface area contributed by atoms with E-state index >= 15 is 0 Å². The largest absolute Gasteiger partial charge is 0.362 e. The van der Waals surface area contributed by atoms with Gasteiger partial charge < -0.3 is 15.5 Å². The highest BCUT2D eigenvalue weighted by molar-refractivity contribution is 6.43. The van der Waals surface area contributed by atoms with Gasteiger partial charge in [-0.1, -0.05) is 29.3 Å². The fourth-order valence-electron chi connectivity index (χ4n) is 2.80. The first-order valence-corrected chi connectivity index (χ1v) is 6.65. The second-order valence-corrected chi connectivity index (χ2v) is 5.46. The first-order chi connectivity index (χ1) is 9.16. The van der Waals surface area contributed by atoms with Crippen molar-refractivity contribution in [3.63, 3.8) is 0 Å². The number of amides is 1. The molecule has 1 unspecified atom stereocenters. The lowest BCUT2D eigenvalue weighted by atomic mass is 10.1. The number of rotatable bonds is 0. The van der Waals surface area contributed by atoms with Crippen LogP contribution in [-0.2, 0) is 11.2 Å². The van der Waals surface area contributed by atoms with Crippen LogP contribution in [0.1, 0.15) is 11.1 Å². The van der Waals surface area contributed by atoms with Crippen LogP contribution in [0.3, 0.4) is 0 Å². The van der Waals surface area contributed by atoms with Crippen LogP contribution in [-0.4, -0.2) is 17.0 Å². The molecule has 4 nitrogen and oxygen atoms in total. The summed E-state index contributed by atoms with van der Waals surface area (Å²) in [6, 6.07) is 3.74. The Balaban J connectivity index is 1.92. The van der Waals surface area contributed by atoms with E-state index in [0.29, 0.717) is 10.0 Å². The third kappa shape index (κ3) is 1.38. The first-order valence-electron chi connectivity index (χ1n) is 5.89.